The number of rotatable bonds is 3. The number of carbonyl (C=O) groups excluding carboxylic acids is 1. The summed E-state index contributed by atoms with van der Waals surface area (Å²) >= 11 is 0. The first kappa shape index (κ1) is 22.0. The van der Waals surface area contributed by atoms with Crippen molar-refractivity contribution >= 4 is 17.6 Å². The summed E-state index contributed by atoms with van der Waals surface area (Å²) in [5.41, 5.74) is 1.09. The quantitative estimate of drug-likeness (QED) is 0.674. The number of amidine groups is 1. The van der Waals surface area contributed by atoms with Gasteiger partial charge in [-0.05, 0) is 62.9 Å². The summed E-state index contributed by atoms with van der Waals surface area (Å²) < 4.78 is 65.2. The molecule has 2 aromatic rings. The Morgan fingerprint density at radius 2 is 1.84 bits per heavy atom. The van der Waals surface area contributed by atoms with Gasteiger partial charge in [-0.1, -0.05) is 6.42 Å². The first-order chi connectivity index (χ1) is 15.1. The van der Waals surface area contributed by atoms with Gasteiger partial charge in [-0.3, -0.25) is 4.79 Å². The number of nitrogens with zero attached hydrogens (tertiary/aromatic N) is 2. The number of nitrogens with two attached hydrogens (primary N) is 1. The van der Waals surface area contributed by atoms with Crippen LogP contribution in [0.3, 0.4) is 0 Å². The number of carbonyl (C=O) groups is 1. The maximum absolute atomic E-state index is 15.9. The standard InChI is InChI=1S/C22H22F4N4O2/c1-20(22(25,26)21(32-19(27)30-20)9-3-2-4-10-21)15-11-14(6-7-16(15)24)29-18(31)17-8-5-13(23)12-28-17/h5-8,11-12H,2-4,9-10H2,1H3,(H2,27,30)(H,29,31). The van der Waals surface area contributed by atoms with Gasteiger partial charge in [0.2, 0.25) is 0 Å². The number of hydrogen-bond acceptors (Lipinski definition) is 5. The van der Waals surface area contributed by atoms with E-state index >= 15 is 8.78 Å². The predicted molar refractivity (Wildman–Crippen MR) is 109 cm³/mol. The molecule has 10 heteroatoms. The first-order valence-corrected chi connectivity index (χ1v) is 10.2. The first-order valence-electron chi connectivity index (χ1n) is 10.2. The van der Waals surface area contributed by atoms with Crippen LogP contribution in [0.4, 0.5) is 23.2 Å². The van der Waals surface area contributed by atoms with Crippen molar-refractivity contribution < 1.29 is 27.1 Å². The van der Waals surface area contributed by atoms with Gasteiger partial charge in [-0.2, -0.15) is 8.78 Å². The van der Waals surface area contributed by atoms with Gasteiger partial charge in [-0.15, -0.1) is 0 Å². The van der Waals surface area contributed by atoms with Crippen molar-refractivity contribution in [3.8, 4) is 0 Å². The molecule has 1 aliphatic heterocycles. The summed E-state index contributed by atoms with van der Waals surface area (Å²) in [4.78, 5) is 19.9. The zero-order chi connectivity index (χ0) is 23.1. The molecule has 170 valence electrons. The van der Waals surface area contributed by atoms with Crippen molar-refractivity contribution in [1.29, 1.82) is 0 Å². The monoisotopic (exact) mass is 450 g/mol. The minimum atomic E-state index is -3.58. The minimum Gasteiger partial charge on any atom is -0.452 e. The SMILES string of the molecule is CC1(c2cc(NC(=O)c3ccc(F)cn3)ccc2F)N=C(N)OC2(CCCCC2)C1(F)F. The highest BCUT2D eigenvalue weighted by atomic mass is 19.3. The van der Waals surface area contributed by atoms with Crippen LogP contribution in [0.1, 0.15) is 55.1 Å². The largest absolute Gasteiger partial charge is 0.452 e. The number of pyridine rings is 1. The molecule has 1 amide bonds. The van der Waals surface area contributed by atoms with Gasteiger partial charge in [0.05, 0.1) is 6.20 Å². The molecule has 1 aliphatic carbocycles. The van der Waals surface area contributed by atoms with E-state index in [-0.39, 0.29) is 24.2 Å². The normalized spacial score (nSPS) is 23.8. The van der Waals surface area contributed by atoms with Crippen LogP contribution in [-0.4, -0.2) is 28.4 Å². The summed E-state index contributed by atoms with van der Waals surface area (Å²) in [6, 6.07) is 5.10. The van der Waals surface area contributed by atoms with E-state index in [0.29, 0.717) is 12.8 Å². The number of hydrogen-bond donors (Lipinski definition) is 2. The lowest BCUT2D eigenvalue weighted by Gasteiger charge is -2.51. The number of amides is 1. The highest BCUT2D eigenvalue weighted by Gasteiger charge is 2.69. The van der Waals surface area contributed by atoms with Crippen LogP contribution in [-0.2, 0) is 10.3 Å². The molecule has 1 spiro atoms. The molecule has 3 N–H and O–H groups in total. The van der Waals surface area contributed by atoms with E-state index in [1.54, 1.807) is 0 Å². The molecule has 1 aromatic carbocycles. The Kier molecular flexibility index (Phi) is 5.34. The van der Waals surface area contributed by atoms with Crippen molar-refractivity contribution in [3.63, 3.8) is 0 Å². The molecule has 1 fully saturated rings. The summed E-state index contributed by atoms with van der Waals surface area (Å²) in [7, 11) is 0. The van der Waals surface area contributed by atoms with Crippen LogP contribution in [0.2, 0.25) is 0 Å². The van der Waals surface area contributed by atoms with Gasteiger partial charge in [0, 0.05) is 11.3 Å². The average molecular weight is 450 g/mol. The number of halogens is 4. The Balaban J connectivity index is 1.72. The molecule has 2 aliphatic rings. The molecular formula is C22H22F4N4O2. The Bertz CT molecular complexity index is 1070. The average Bonchev–Trinajstić information content (AvgIpc) is 2.75. The molecule has 1 atom stereocenters. The van der Waals surface area contributed by atoms with E-state index in [2.05, 4.69) is 15.3 Å². The predicted octanol–water partition coefficient (Wildman–Crippen LogP) is 4.51. The van der Waals surface area contributed by atoms with Crippen molar-refractivity contribution in [1.82, 2.24) is 4.98 Å². The summed E-state index contributed by atoms with van der Waals surface area (Å²) in [5, 5.41) is 2.46. The maximum Gasteiger partial charge on any atom is 0.315 e. The number of aliphatic imine (C=N–C) groups is 1. The topological polar surface area (TPSA) is 89.6 Å². The van der Waals surface area contributed by atoms with Crippen LogP contribution in [0.25, 0.3) is 0 Å². The Morgan fingerprint density at radius 1 is 1.12 bits per heavy atom. The van der Waals surface area contributed by atoms with E-state index in [1.807, 2.05) is 0 Å². The molecule has 4 rings (SSSR count). The second kappa shape index (κ2) is 7.75. The van der Waals surface area contributed by atoms with Crippen LogP contribution in [0, 0.1) is 11.6 Å². The van der Waals surface area contributed by atoms with E-state index in [9.17, 15) is 13.6 Å². The van der Waals surface area contributed by atoms with Crippen molar-refractivity contribution in [2.24, 2.45) is 10.7 Å². The lowest BCUT2D eigenvalue weighted by molar-refractivity contribution is -0.235. The lowest BCUT2D eigenvalue weighted by Crippen LogP contribution is -2.65. The third kappa shape index (κ3) is 3.47. The van der Waals surface area contributed by atoms with Crippen LogP contribution < -0.4 is 11.1 Å². The number of alkyl halides is 2. The highest BCUT2D eigenvalue weighted by molar-refractivity contribution is 6.02. The number of nitrogens with one attached hydrogen (secondary N) is 1. The fourth-order valence-electron chi connectivity index (χ4n) is 4.47. The third-order valence-corrected chi connectivity index (χ3v) is 6.19. The van der Waals surface area contributed by atoms with Crippen molar-refractivity contribution in [2.45, 2.75) is 56.1 Å². The minimum absolute atomic E-state index is 0.0486. The molecule has 1 unspecified atom stereocenters. The smallest absolute Gasteiger partial charge is 0.315 e. The fraction of sp³-hybridized carbons (Fsp3) is 0.409. The molecule has 32 heavy (non-hydrogen) atoms. The van der Waals surface area contributed by atoms with E-state index in [1.165, 1.54) is 12.1 Å². The molecule has 0 saturated heterocycles. The third-order valence-electron chi connectivity index (χ3n) is 6.19. The van der Waals surface area contributed by atoms with Gasteiger partial charge in [0.1, 0.15) is 17.3 Å². The summed E-state index contributed by atoms with van der Waals surface area (Å²) in [6.07, 6.45) is 2.86. The zero-order valence-corrected chi connectivity index (χ0v) is 17.3. The van der Waals surface area contributed by atoms with E-state index < -0.39 is 46.2 Å². The van der Waals surface area contributed by atoms with E-state index in [0.717, 1.165) is 37.7 Å². The molecule has 0 radical (unpaired) electrons. The molecular weight excluding hydrogens is 428 g/mol. The van der Waals surface area contributed by atoms with Crippen LogP contribution in [0.15, 0.2) is 41.5 Å². The lowest BCUT2D eigenvalue weighted by atomic mass is 9.69. The Labute approximate surface area is 181 Å². The summed E-state index contributed by atoms with van der Waals surface area (Å²) in [5.74, 6) is -5.83. The molecule has 2 heterocycles. The van der Waals surface area contributed by atoms with Gasteiger partial charge in [0.25, 0.3) is 11.9 Å². The van der Waals surface area contributed by atoms with Gasteiger partial charge in [-0.25, -0.2) is 18.8 Å². The fourth-order valence-corrected chi connectivity index (χ4v) is 4.47. The molecule has 1 aromatic heterocycles. The summed E-state index contributed by atoms with van der Waals surface area (Å²) in [6.45, 7) is 1.12. The number of aromatic nitrogens is 1. The Hall–Kier alpha value is -3.17. The number of benzene rings is 1. The second-order valence-corrected chi connectivity index (χ2v) is 8.26. The molecule has 1 saturated carbocycles. The Morgan fingerprint density at radius 3 is 2.50 bits per heavy atom. The molecule has 6 nitrogen and oxygen atoms in total. The van der Waals surface area contributed by atoms with Gasteiger partial charge in [0.15, 0.2) is 11.1 Å². The van der Waals surface area contributed by atoms with Crippen LogP contribution >= 0.6 is 0 Å². The van der Waals surface area contributed by atoms with Gasteiger partial charge >= 0.3 is 5.92 Å². The highest BCUT2D eigenvalue weighted by Crippen LogP contribution is 2.56. The van der Waals surface area contributed by atoms with Crippen molar-refractivity contribution in [2.75, 3.05) is 5.32 Å². The second-order valence-electron chi connectivity index (χ2n) is 8.26. The van der Waals surface area contributed by atoms with Gasteiger partial charge < -0.3 is 15.8 Å². The van der Waals surface area contributed by atoms with Crippen LogP contribution in [0.5, 0.6) is 0 Å². The maximum atomic E-state index is 15.9. The van der Waals surface area contributed by atoms with Crippen molar-refractivity contribution in [3.05, 3.63) is 59.4 Å². The number of ether oxygens (including phenoxy) is 1. The van der Waals surface area contributed by atoms with E-state index in [4.69, 9.17) is 10.5 Å². The molecule has 0 bridgehead atoms. The number of anilines is 1. The zero-order valence-electron chi connectivity index (χ0n) is 17.3.